The van der Waals surface area contributed by atoms with Crippen molar-refractivity contribution >= 4 is 23.4 Å². The third-order valence-corrected chi connectivity index (χ3v) is 4.12. The summed E-state index contributed by atoms with van der Waals surface area (Å²) in [5, 5.41) is 17.1. The second-order valence-corrected chi connectivity index (χ2v) is 7.03. The molecule has 1 unspecified atom stereocenters. The molecule has 21 heavy (non-hydrogen) atoms. The third kappa shape index (κ3) is 4.13. The Balaban J connectivity index is 2.03. The number of hydrogen-bond donors (Lipinski definition) is 1. The van der Waals surface area contributed by atoms with Crippen molar-refractivity contribution in [1.29, 1.82) is 0 Å². The van der Waals surface area contributed by atoms with Gasteiger partial charge in [0.05, 0.1) is 0 Å². The standard InChI is InChI=1S/C13H19N3O4S/c1-13(2,3)20-12(19)16-6-4-5-8(7-16)9-14-15-10(21-9)11(17)18/h8H,4-7H2,1-3H3,(H,17,18). The van der Waals surface area contributed by atoms with E-state index in [9.17, 15) is 9.59 Å². The van der Waals surface area contributed by atoms with Crippen LogP contribution in [0.15, 0.2) is 0 Å². The average molecular weight is 313 g/mol. The van der Waals surface area contributed by atoms with Gasteiger partial charge in [0.2, 0.25) is 5.01 Å². The van der Waals surface area contributed by atoms with Gasteiger partial charge < -0.3 is 14.7 Å². The number of ether oxygens (including phenoxy) is 1. The summed E-state index contributed by atoms with van der Waals surface area (Å²) in [7, 11) is 0. The summed E-state index contributed by atoms with van der Waals surface area (Å²) in [4.78, 5) is 24.6. The number of carbonyl (C=O) groups excluding carboxylic acids is 1. The molecule has 2 rings (SSSR count). The Bertz CT molecular complexity index is 538. The SMILES string of the molecule is CC(C)(C)OC(=O)N1CCCC(c2nnc(C(=O)O)s2)C1. The van der Waals surface area contributed by atoms with Crippen LogP contribution in [0.1, 0.15) is 54.3 Å². The zero-order chi connectivity index (χ0) is 15.6. The highest BCUT2D eigenvalue weighted by Crippen LogP contribution is 2.29. The van der Waals surface area contributed by atoms with Crippen LogP contribution in [0.2, 0.25) is 0 Å². The molecule has 2 heterocycles. The van der Waals surface area contributed by atoms with Crippen LogP contribution in [0, 0.1) is 0 Å². The largest absolute Gasteiger partial charge is 0.476 e. The van der Waals surface area contributed by atoms with Gasteiger partial charge >= 0.3 is 12.1 Å². The first-order chi connectivity index (χ1) is 9.76. The molecule has 1 fully saturated rings. The molecule has 7 nitrogen and oxygen atoms in total. The predicted molar refractivity (Wildman–Crippen MR) is 76.7 cm³/mol. The van der Waals surface area contributed by atoms with Crippen molar-refractivity contribution in [1.82, 2.24) is 15.1 Å². The van der Waals surface area contributed by atoms with Crippen molar-refractivity contribution < 1.29 is 19.4 Å². The van der Waals surface area contributed by atoms with E-state index < -0.39 is 11.6 Å². The van der Waals surface area contributed by atoms with Crippen molar-refractivity contribution in [3.05, 3.63) is 10.0 Å². The predicted octanol–water partition coefficient (Wildman–Crippen LogP) is 2.35. The molecule has 116 valence electrons. The minimum Gasteiger partial charge on any atom is -0.476 e. The highest BCUT2D eigenvalue weighted by Gasteiger charge is 2.30. The Hall–Kier alpha value is -1.70. The van der Waals surface area contributed by atoms with Crippen molar-refractivity contribution in [3.8, 4) is 0 Å². The second kappa shape index (κ2) is 5.97. The minimum absolute atomic E-state index is 0.0145. The lowest BCUT2D eigenvalue weighted by molar-refractivity contribution is 0.0198. The Morgan fingerprint density at radius 1 is 1.38 bits per heavy atom. The molecule has 0 bridgehead atoms. The van der Waals surface area contributed by atoms with E-state index in [0.29, 0.717) is 18.1 Å². The molecular formula is C13H19N3O4S. The monoisotopic (exact) mass is 313 g/mol. The molecule has 1 N–H and O–H groups in total. The zero-order valence-corrected chi connectivity index (χ0v) is 13.1. The van der Waals surface area contributed by atoms with E-state index in [0.717, 1.165) is 24.2 Å². The number of aromatic nitrogens is 2. The van der Waals surface area contributed by atoms with Crippen molar-refractivity contribution in [2.75, 3.05) is 13.1 Å². The molecule has 1 amide bonds. The highest BCUT2D eigenvalue weighted by atomic mass is 32.1. The van der Waals surface area contributed by atoms with Crippen molar-refractivity contribution in [3.63, 3.8) is 0 Å². The molecule has 8 heteroatoms. The first-order valence-corrected chi connectivity index (χ1v) is 7.62. The van der Waals surface area contributed by atoms with E-state index in [-0.39, 0.29) is 17.0 Å². The molecule has 1 aliphatic rings. The van der Waals surface area contributed by atoms with Gasteiger partial charge in [-0.25, -0.2) is 9.59 Å². The van der Waals surface area contributed by atoms with E-state index in [4.69, 9.17) is 9.84 Å². The lowest BCUT2D eigenvalue weighted by Gasteiger charge is -2.33. The molecule has 0 aromatic carbocycles. The molecule has 0 radical (unpaired) electrons. The van der Waals surface area contributed by atoms with Gasteiger partial charge in [0, 0.05) is 19.0 Å². The highest BCUT2D eigenvalue weighted by molar-refractivity contribution is 7.13. The molecule has 0 saturated carbocycles. The van der Waals surface area contributed by atoms with Gasteiger partial charge in [-0.05, 0) is 33.6 Å². The van der Waals surface area contributed by atoms with E-state index in [2.05, 4.69) is 10.2 Å². The molecule has 1 aromatic rings. The normalized spacial score (nSPS) is 19.4. The summed E-state index contributed by atoms with van der Waals surface area (Å²) >= 11 is 1.07. The third-order valence-electron chi connectivity index (χ3n) is 3.05. The van der Waals surface area contributed by atoms with Crippen LogP contribution in [0.3, 0.4) is 0 Å². The molecular weight excluding hydrogens is 294 g/mol. The number of carboxylic acids is 1. The summed E-state index contributed by atoms with van der Waals surface area (Å²) in [5.41, 5.74) is -0.525. The fraction of sp³-hybridized carbons (Fsp3) is 0.692. The number of amides is 1. The van der Waals surface area contributed by atoms with Gasteiger partial charge in [0.25, 0.3) is 0 Å². The smallest absolute Gasteiger partial charge is 0.410 e. The number of carboxylic acid groups (broad SMARTS) is 1. The summed E-state index contributed by atoms with van der Waals surface area (Å²) in [6.07, 6.45) is 1.37. The van der Waals surface area contributed by atoms with Gasteiger partial charge in [0.1, 0.15) is 10.6 Å². The maximum absolute atomic E-state index is 12.1. The van der Waals surface area contributed by atoms with Crippen LogP contribution in [-0.4, -0.2) is 51.0 Å². The number of likely N-dealkylation sites (tertiary alicyclic amines) is 1. The van der Waals surface area contributed by atoms with Gasteiger partial charge in [0.15, 0.2) is 0 Å². The van der Waals surface area contributed by atoms with Gasteiger partial charge in [-0.1, -0.05) is 11.3 Å². The quantitative estimate of drug-likeness (QED) is 0.901. The van der Waals surface area contributed by atoms with Gasteiger partial charge in [-0.15, -0.1) is 10.2 Å². The van der Waals surface area contributed by atoms with Crippen LogP contribution in [0.25, 0.3) is 0 Å². The lowest BCUT2D eigenvalue weighted by Crippen LogP contribution is -2.42. The summed E-state index contributed by atoms with van der Waals surface area (Å²) in [5.74, 6) is -1.05. The van der Waals surface area contributed by atoms with Crippen LogP contribution >= 0.6 is 11.3 Å². The average Bonchev–Trinajstić information content (AvgIpc) is 2.86. The second-order valence-electron chi connectivity index (χ2n) is 6.02. The van der Waals surface area contributed by atoms with Crippen LogP contribution in [0.4, 0.5) is 4.79 Å². The van der Waals surface area contributed by atoms with Crippen LogP contribution < -0.4 is 0 Å². The Kier molecular flexibility index (Phi) is 4.46. The van der Waals surface area contributed by atoms with Crippen LogP contribution in [0.5, 0.6) is 0 Å². The zero-order valence-electron chi connectivity index (χ0n) is 12.3. The maximum Gasteiger partial charge on any atom is 0.410 e. The maximum atomic E-state index is 12.1. The first kappa shape index (κ1) is 15.7. The van der Waals surface area contributed by atoms with E-state index in [1.165, 1.54) is 0 Å². The van der Waals surface area contributed by atoms with Crippen molar-refractivity contribution in [2.45, 2.75) is 45.1 Å². The number of hydrogen-bond acceptors (Lipinski definition) is 6. The summed E-state index contributed by atoms with van der Waals surface area (Å²) < 4.78 is 5.37. The van der Waals surface area contributed by atoms with E-state index in [1.807, 2.05) is 20.8 Å². The molecule has 1 atom stereocenters. The van der Waals surface area contributed by atoms with Crippen LogP contribution in [-0.2, 0) is 4.74 Å². The van der Waals surface area contributed by atoms with Gasteiger partial charge in [-0.3, -0.25) is 0 Å². The lowest BCUT2D eigenvalue weighted by atomic mass is 9.99. The first-order valence-electron chi connectivity index (χ1n) is 6.81. The summed E-state index contributed by atoms with van der Waals surface area (Å²) in [6.45, 7) is 6.63. The number of piperidine rings is 1. The molecule has 0 aliphatic carbocycles. The fourth-order valence-corrected chi connectivity index (χ4v) is 2.96. The number of carbonyl (C=O) groups is 2. The molecule has 1 saturated heterocycles. The van der Waals surface area contributed by atoms with E-state index in [1.54, 1.807) is 4.90 Å². The molecule has 0 spiro atoms. The van der Waals surface area contributed by atoms with E-state index >= 15 is 0 Å². The Morgan fingerprint density at radius 3 is 2.67 bits per heavy atom. The Labute approximate surface area is 126 Å². The Morgan fingerprint density at radius 2 is 2.10 bits per heavy atom. The summed E-state index contributed by atoms with van der Waals surface area (Å²) in [6, 6.07) is 0. The number of nitrogens with zero attached hydrogens (tertiary/aromatic N) is 3. The molecule has 1 aromatic heterocycles. The topological polar surface area (TPSA) is 92.6 Å². The van der Waals surface area contributed by atoms with Gasteiger partial charge in [-0.2, -0.15) is 0 Å². The minimum atomic E-state index is -1.07. The fourth-order valence-electron chi connectivity index (χ4n) is 2.16. The van der Waals surface area contributed by atoms with Crippen molar-refractivity contribution in [2.24, 2.45) is 0 Å². The number of aromatic carboxylic acids is 1. The number of rotatable bonds is 2. The molecule has 1 aliphatic heterocycles.